The van der Waals surface area contributed by atoms with Gasteiger partial charge in [0.05, 0.1) is 29.3 Å². The molecule has 0 spiro atoms. The van der Waals surface area contributed by atoms with E-state index in [4.69, 9.17) is 10.5 Å². The van der Waals surface area contributed by atoms with Gasteiger partial charge in [-0.05, 0) is 65.7 Å². The van der Waals surface area contributed by atoms with Gasteiger partial charge in [-0.2, -0.15) is 0 Å². The molecule has 2 heterocycles. The Morgan fingerprint density at radius 1 is 0.972 bits per heavy atom. The Hall–Kier alpha value is -4.09. The number of benzene rings is 3. The molecule has 0 atom stereocenters. The van der Waals surface area contributed by atoms with E-state index in [1.54, 1.807) is 12.1 Å². The number of rotatable bonds is 6. The maximum atomic E-state index is 13.3. The number of hydrogen-bond acceptors (Lipinski definition) is 7. The highest BCUT2D eigenvalue weighted by molar-refractivity contribution is 7.92. The van der Waals surface area contributed by atoms with Crippen molar-refractivity contribution in [3.63, 3.8) is 0 Å². The molecule has 0 radical (unpaired) electrons. The van der Waals surface area contributed by atoms with Gasteiger partial charge in [0.2, 0.25) is 5.91 Å². The number of nitrogens with zero attached hydrogens (tertiary/aromatic N) is 3. The quantitative estimate of drug-likeness (QED) is 0.410. The molecule has 3 aromatic carbocycles. The minimum absolute atomic E-state index is 0.118. The van der Waals surface area contributed by atoms with Crippen LogP contribution in [0, 0.1) is 5.82 Å². The number of sulfonamides is 1. The van der Waals surface area contributed by atoms with Gasteiger partial charge in [0, 0.05) is 24.0 Å². The zero-order valence-electron chi connectivity index (χ0n) is 19.0. The molecule has 0 aliphatic carbocycles. The fourth-order valence-corrected chi connectivity index (χ4v) is 5.11. The van der Waals surface area contributed by atoms with E-state index < -0.39 is 21.7 Å². The summed E-state index contributed by atoms with van der Waals surface area (Å²) in [5.74, 6) is -0.491. The predicted octanol–water partition coefficient (Wildman–Crippen LogP) is 3.17. The van der Waals surface area contributed by atoms with Gasteiger partial charge in [-0.15, -0.1) is 0 Å². The molecule has 4 aromatic rings. The molecule has 9 nitrogen and oxygen atoms in total. The van der Waals surface area contributed by atoms with Crippen molar-refractivity contribution >= 4 is 38.3 Å². The second kappa shape index (κ2) is 9.51. The van der Waals surface area contributed by atoms with Crippen molar-refractivity contribution in [1.82, 2.24) is 9.97 Å². The van der Waals surface area contributed by atoms with Crippen LogP contribution in [0.2, 0.25) is 0 Å². The molecule has 1 aliphatic rings. The number of fused-ring (bicyclic) bond motifs is 1. The molecule has 36 heavy (non-hydrogen) atoms. The number of anilines is 2. The smallest absolute Gasteiger partial charge is 0.261 e. The van der Waals surface area contributed by atoms with Crippen LogP contribution in [0.25, 0.3) is 22.0 Å². The minimum atomic E-state index is -4.03. The third kappa shape index (κ3) is 4.83. The van der Waals surface area contributed by atoms with Crippen LogP contribution < -0.4 is 15.4 Å². The standard InChI is InChI=1S/C25H22FN5O4S/c26-19-2-4-21(5-3-19)36(33,34)30-20-12-17(11-18(13-20)24(27)32)16-1-6-23-22(14-16)25(29-15-28-23)31-7-9-35-10-8-31/h1-6,11-15,30H,7-10H2,(H2,27,32). The van der Waals surface area contributed by atoms with E-state index in [-0.39, 0.29) is 16.1 Å². The molecule has 1 fully saturated rings. The van der Waals surface area contributed by atoms with Gasteiger partial charge in [0.25, 0.3) is 10.0 Å². The lowest BCUT2D eigenvalue weighted by atomic mass is 10.00. The summed E-state index contributed by atoms with van der Waals surface area (Å²) in [4.78, 5) is 22.9. The Labute approximate surface area is 206 Å². The van der Waals surface area contributed by atoms with Crippen molar-refractivity contribution in [2.45, 2.75) is 4.90 Å². The Balaban J connectivity index is 1.57. The van der Waals surface area contributed by atoms with Gasteiger partial charge < -0.3 is 15.4 Å². The molecule has 0 saturated carbocycles. The molecule has 0 bridgehead atoms. The fraction of sp³-hybridized carbons (Fsp3) is 0.160. The van der Waals surface area contributed by atoms with E-state index in [9.17, 15) is 17.6 Å². The van der Waals surface area contributed by atoms with Crippen LogP contribution in [-0.2, 0) is 14.8 Å². The largest absolute Gasteiger partial charge is 0.378 e. The average Bonchev–Trinajstić information content (AvgIpc) is 2.88. The molecule has 5 rings (SSSR count). The van der Waals surface area contributed by atoms with Crippen molar-refractivity contribution in [3.8, 4) is 11.1 Å². The monoisotopic (exact) mass is 507 g/mol. The number of amides is 1. The summed E-state index contributed by atoms with van der Waals surface area (Å²) in [6, 6.07) is 14.6. The second-order valence-electron chi connectivity index (χ2n) is 8.25. The molecule has 1 amide bonds. The SMILES string of the molecule is NC(=O)c1cc(NS(=O)(=O)c2ccc(F)cc2)cc(-c2ccc3ncnc(N4CCOCC4)c3c2)c1. The minimum Gasteiger partial charge on any atom is -0.378 e. The Morgan fingerprint density at radius 2 is 1.72 bits per heavy atom. The van der Waals surface area contributed by atoms with E-state index in [1.165, 1.54) is 12.4 Å². The molecular weight excluding hydrogens is 485 g/mol. The summed E-state index contributed by atoms with van der Waals surface area (Å²) < 4.78 is 46.9. The van der Waals surface area contributed by atoms with E-state index in [0.717, 1.165) is 46.5 Å². The van der Waals surface area contributed by atoms with Crippen molar-refractivity contribution < 1.29 is 22.3 Å². The number of nitrogens with two attached hydrogens (primary N) is 1. The number of hydrogen-bond donors (Lipinski definition) is 2. The summed E-state index contributed by atoms with van der Waals surface area (Å²) in [7, 11) is -4.03. The van der Waals surface area contributed by atoms with Crippen molar-refractivity contribution in [2.24, 2.45) is 5.73 Å². The molecule has 3 N–H and O–H groups in total. The third-order valence-corrected chi connectivity index (χ3v) is 7.25. The Bertz CT molecular complexity index is 1560. The lowest BCUT2D eigenvalue weighted by Crippen LogP contribution is -2.36. The number of nitrogens with one attached hydrogen (secondary N) is 1. The van der Waals surface area contributed by atoms with Crippen LogP contribution in [0.5, 0.6) is 0 Å². The number of halogens is 1. The molecule has 1 saturated heterocycles. The Kier molecular flexibility index (Phi) is 6.25. The zero-order chi connectivity index (χ0) is 25.3. The van der Waals surface area contributed by atoms with Crippen molar-refractivity contribution in [1.29, 1.82) is 0 Å². The first-order valence-corrected chi connectivity index (χ1v) is 12.6. The van der Waals surface area contributed by atoms with E-state index in [0.29, 0.717) is 31.9 Å². The molecule has 184 valence electrons. The van der Waals surface area contributed by atoms with Crippen LogP contribution in [0.1, 0.15) is 10.4 Å². The lowest BCUT2D eigenvalue weighted by Gasteiger charge is -2.28. The van der Waals surface area contributed by atoms with Crippen LogP contribution >= 0.6 is 0 Å². The second-order valence-corrected chi connectivity index (χ2v) is 9.93. The number of ether oxygens (including phenoxy) is 1. The molecule has 11 heteroatoms. The van der Waals surface area contributed by atoms with Crippen molar-refractivity contribution in [3.05, 3.63) is 78.4 Å². The summed E-state index contributed by atoms with van der Waals surface area (Å²) in [6.07, 6.45) is 1.52. The fourth-order valence-electron chi connectivity index (χ4n) is 4.07. The highest BCUT2D eigenvalue weighted by atomic mass is 32.2. The highest BCUT2D eigenvalue weighted by Gasteiger charge is 2.18. The van der Waals surface area contributed by atoms with Crippen LogP contribution in [0.15, 0.2) is 71.9 Å². The van der Waals surface area contributed by atoms with Crippen LogP contribution in [0.4, 0.5) is 15.9 Å². The molecule has 1 aromatic heterocycles. The van der Waals surface area contributed by atoms with Gasteiger partial charge in [-0.25, -0.2) is 22.8 Å². The van der Waals surface area contributed by atoms with Gasteiger partial charge in [-0.1, -0.05) is 6.07 Å². The van der Waals surface area contributed by atoms with Gasteiger partial charge in [-0.3, -0.25) is 9.52 Å². The van der Waals surface area contributed by atoms with Gasteiger partial charge in [0.15, 0.2) is 0 Å². The number of aromatic nitrogens is 2. The van der Waals surface area contributed by atoms with E-state index in [1.807, 2.05) is 18.2 Å². The van der Waals surface area contributed by atoms with Gasteiger partial charge >= 0.3 is 0 Å². The average molecular weight is 508 g/mol. The van der Waals surface area contributed by atoms with Crippen LogP contribution in [0.3, 0.4) is 0 Å². The number of carbonyl (C=O) groups excluding carboxylic acids is 1. The maximum Gasteiger partial charge on any atom is 0.261 e. The maximum absolute atomic E-state index is 13.3. The van der Waals surface area contributed by atoms with E-state index >= 15 is 0 Å². The predicted molar refractivity (Wildman–Crippen MR) is 134 cm³/mol. The molecule has 1 aliphatic heterocycles. The summed E-state index contributed by atoms with van der Waals surface area (Å²) >= 11 is 0. The first-order chi connectivity index (χ1) is 17.3. The normalized spacial score (nSPS) is 14.1. The molecular formula is C25H22FN5O4S. The van der Waals surface area contributed by atoms with Crippen LogP contribution in [-0.4, -0.2) is 50.6 Å². The molecule has 0 unspecified atom stereocenters. The lowest BCUT2D eigenvalue weighted by molar-refractivity contribution is 0.100. The summed E-state index contributed by atoms with van der Waals surface area (Å²) in [5.41, 5.74) is 7.85. The zero-order valence-corrected chi connectivity index (χ0v) is 19.8. The third-order valence-electron chi connectivity index (χ3n) is 5.85. The van der Waals surface area contributed by atoms with Gasteiger partial charge in [0.1, 0.15) is 18.0 Å². The number of carbonyl (C=O) groups is 1. The van der Waals surface area contributed by atoms with Crippen molar-refractivity contribution in [2.75, 3.05) is 35.9 Å². The van der Waals surface area contributed by atoms with E-state index in [2.05, 4.69) is 19.6 Å². The topological polar surface area (TPSA) is 128 Å². The first-order valence-electron chi connectivity index (χ1n) is 11.1. The summed E-state index contributed by atoms with van der Waals surface area (Å²) in [6.45, 7) is 2.60. The number of morpholine rings is 1. The Morgan fingerprint density at radius 3 is 2.44 bits per heavy atom. The highest BCUT2D eigenvalue weighted by Crippen LogP contribution is 2.31. The summed E-state index contributed by atoms with van der Waals surface area (Å²) in [5, 5.41) is 0.815. The number of primary amides is 1. The first kappa shape index (κ1) is 23.6.